The number of alkyl halides is 1. The number of carbonyl (C=O) groups excluding carboxylic acids is 2. The first-order chi connectivity index (χ1) is 13.0. The van der Waals surface area contributed by atoms with Crippen molar-refractivity contribution in [1.29, 1.82) is 0 Å². The Labute approximate surface area is 181 Å². The molecule has 2 unspecified atom stereocenters. The summed E-state index contributed by atoms with van der Waals surface area (Å²) in [6.07, 6.45) is 0.0946. The van der Waals surface area contributed by atoms with Gasteiger partial charge in [-0.15, -0.1) is 0 Å². The van der Waals surface area contributed by atoms with Gasteiger partial charge in [0.15, 0.2) is 0 Å². The number of likely N-dealkylation sites (N-methyl/N-ethyl adjacent to an activating group) is 1. The van der Waals surface area contributed by atoms with E-state index in [9.17, 15) is 19.0 Å². The molecule has 10 nitrogen and oxygen atoms in total. The molecule has 0 bridgehead atoms. The van der Waals surface area contributed by atoms with E-state index < -0.39 is 29.5 Å². The second-order valence-electron chi connectivity index (χ2n) is 8.45. The van der Waals surface area contributed by atoms with Gasteiger partial charge in [0.2, 0.25) is 0 Å². The maximum Gasteiger partial charge on any atom is 0.322 e. The molecule has 0 aromatic carbocycles. The summed E-state index contributed by atoms with van der Waals surface area (Å²) in [6, 6.07) is 0. The highest BCUT2D eigenvalue weighted by atomic mass is 79.9. The minimum Gasteiger partial charge on any atom is -0.756 e. The zero-order valence-corrected chi connectivity index (χ0v) is 20.5. The van der Waals surface area contributed by atoms with E-state index in [-0.39, 0.29) is 39.4 Å². The lowest BCUT2D eigenvalue weighted by atomic mass is 9.83. The fourth-order valence-electron chi connectivity index (χ4n) is 2.22. The molecule has 0 saturated heterocycles. The van der Waals surface area contributed by atoms with Gasteiger partial charge < -0.3 is 33.6 Å². The Morgan fingerprint density at radius 3 is 2.03 bits per heavy atom. The summed E-state index contributed by atoms with van der Waals surface area (Å²) in [5.74, 6) is -1.14. The summed E-state index contributed by atoms with van der Waals surface area (Å²) >= 11 is 3.27. The first kappa shape index (κ1) is 28.5. The van der Waals surface area contributed by atoms with Gasteiger partial charge >= 0.3 is 11.9 Å². The van der Waals surface area contributed by atoms with Crippen LogP contribution < -0.4 is 10.6 Å². The van der Waals surface area contributed by atoms with Gasteiger partial charge in [-0.2, -0.15) is 0 Å². The number of phosphoric acid groups is 1. The Kier molecular flexibility index (Phi) is 11.5. The van der Waals surface area contributed by atoms with Gasteiger partial charge in [0, 0.05) is 6.54 Å². The topological polar surface area (TPSA) is 137 Å². The monoisotopic (exact) mass is 504 g/mol. The first-order valence-electron chi connectivity index (χ1n) is 9.16. The molecule has 0 aromatic rings. The minimum absolute atomic E-state index is 0.0150. The third kappa shape index (κ3) is 12.7. The molecule has 0 spiro atoms. The number of nitrogens with two attached hydrogens (primary N) is 1. The number of quaternary nitrogens is 1. The van der Waals surface area contributed by atoms with Crippen molar-refractivity contribution in [3.63, 3.8) is 0 Å². The standard InChI is InChI=1S/C17H34BrN2O8P/c1-16(2,14(21)25-9-7-19)13-17(3,18)15(22)26-11-12-28-29(23,24)27-10-8-20(4,5)6/h7-13,19H2,1-6H3. The summed E-state index contributed by atoms with van der Waals surface area (Å²) in [6.45, 7) is 4.94. The molecule has 0 aliphatic heterocycles. The fourth-order valence-corrected chi connectivity index (χ4v) is 3.71. The van der Waals surface area contributed by atoms with Crippen molar-refractivity contribution in [3.05, 3.63) is 0 Å². The van der Waals surface area contributed by atoms with E-state index in [0.29, 0.717) is 11.0 Å². The van der Waals surface area contributed by atoms with Gasteiger partial charge in [0.25, 0.3) is 7.82 Å². The van der Waals surface area contributed by atoms with Crippen molar-refractivity contribution in [3.8, 4) is 0 Å². The molecular weight excluding hydrogens is 471 g/mol. The lowest BCUT2D eigenvalue weighted by molar-refractivity contribution is -0.870. The molecule has 0 aliphatic rings. The lowest BCUT2D eigenvalue weighted by Crippen LogP contribution is -2.40. The van der Waals surface area contributed by atoms with E-state index >= 15 is 0 Å². The Balaban J connectivity index is 4.44. The summed E-state index contributed by atoms with van der Waals surface area (Å²) < 4.78 is 30.6. The number of hydrogen-bond acceptors (Lipinski definition) is 9. The molecule has 0 amide bonds. The predicted molar refractivity (Wildman–Crippen MR) is 109 cm³/mol. The minimum atomic E-state index is -4.47. The molecule has 0 radical (unpaired) electrons. The van der Waals surface area contributed by atoms with Gasteiger partial charge in [-0.1, -0.05) is 15.9 Å². The van der Waals surface area contributed by atoms with Crippen molar-refractivity contribution in [2.45, 2.75) is 31.5 Å². The number of hydrogen-bond donors (Lipinski definition) is 1. The summed E-state index contributed by atoms with van der Waals surface area (Å²) in [5.41, 5.74) is 4.35. The van der Waals surface area contributed by atoms with Crippen LogP contribution in [0.4, 0.5) is 0 Å². The quantitative estimate of drug-likeness (QED) is 0.120. The highest BCUT2D eigenvalue weighted by Crippen LogP contribution is 2.38. The van der Waals surface area contributed by atoms with Crippen molar-refractivity contribution < 1.29 is 42.1 Å². The van der Waals surface area contributed by atoms with Crippen molar-refractivity contribution >= 4 is 35.7 Å². The van der Waals surface area contributed by atoms with Crippen LogP contribution in [0.25, 0.3) is 0 Å². The van der Waals surface area contributed by atoms with E-state index in [1.54, 1.807) is 20.8 Å². The van der Waals surface area contributed by atoms with Crippen LogP contribution in [0.1, 0.15) is 27.2 Å². The van der Waals surface area contributed by atoms with Gasteiger partial charge in [-0.25, -0.2) is 0 Å². The molecular formula is C17H34BrN2O8P. The van der Waals surface area contributed by atoms with Crippen LogP contribution in [0, 0.1) is 5.41 Å². The number of ether oxygens (including phenoxy) is 2. The number of carbonyl (C=O) groups is 2. The molecule has 0 rings (SSSR count). The predicted octanol–water partition coefficient (Wildman–Crippen LogP) is 0.809. The second kappa shape index (κ2) is 11.7. The van der Waals surface area contributed by atoms with Crippen LogP contribution in [0.15, 0.2) is 0 Å². The van der Waals surface area contributed by atoms with Crippen LogP contribution >= 0.6 is 23.8 Å². The van der Waals surface area contributed by atoms with Crippen LogP contribution in [-0.2, 0) is 32.7 Å². The van der Waals surface area contributed by atoms with Crippen LogP contribution in [0.2, 0.25) is 0 Å². The van der Waals surface area contributed by atoms with Crippen LogP contribution in [0.5, 0.6) is 0 Å². The lowest BCUT2D eigenvalue weighted by Gasteiger charge is -2.30. The number of rotatable bonds is 14. The van der Waals surface area contributed by atoms with E-state index in [1.165, 1.54) is 0 Å². The first-order valence-corrected chi connectivity index (χ1v) is 11.4. The van der Waals surface area contributed by atoms with E-state index in [1.807, 2.05) is 21.1 Å². The SMILES string of the molecule is CC(C)(CC(C)(Br)C(=O)OCCOP(=O)([O-])OCC[N+](C)(C)C)C(=O)OCCN. The maximum absolute atomic E-state index is 12.3. The molecule has 2 atom stereocenters. The zero-order chi connectivity index (χ0) is 22.9. The number of phosphoric ester groups is 1. The number of halogens is 1. The third-order valence-corrected chi connectivity index (χ3v) is 5.28. The Morgan fingerprint density at radius 1 is 1.00 bits per heavy atom. The average molecular weight is 505 g/mol. The van der Waals surface area contributed by atoms with Gasteiger partial charge in [0.1, 0.15) is 30.7 Å². The van der Waals surface area contributed by atoms with E-state index in [0.717, 1.165) is 0 Å². The van der Waals surface area contributed by atoms with Gasteiger partial charge in [-0.3, -0.25) is 14.2 Å². The molecule has 2 N–H and O–H groups in total. The number of nitrogens with zero attached hydrogens (tertiary/aromatic N) is 1. The third-order valence-electron chi connectivity index (χ3n) is 3.68. The highest BCUT2D eigenvalue weighted by Gasteiger charge is 2.42. The fraction of sp³-hybridized carbons (Fsp3) is 0.882. The van der Waals surface area contributed by atoms with Crippen molar-refractivity contribution in [2.75, 3.05) is 60.7 Å². The molecule has 0 saturated carbocycles. The molecule has 172 valence electrons. The molecule has 0 fully saturated rings. The maximum atomic E-state index is 12.3. The summed E-state index contributed by atoms with van der Waals surface area (Å²) in [4.78, 5) is 36.1. The van der Waals surface area contributed by atoms with Crippen molar-refractivity contribution in [2.24, 2.45) is 11.1 Å². The average Bonchev–Trinajstić information content (AvgIpc) is 2.53. The zero-order valence-electron chi connectivity index (χ0n) is 18.1. The Bertz CT molecular complexity index is 592. The van der Waals surface area contributed by atoms with Crippen molar-refractivity contribution in [1.82, 2.24) is 0 Å². The molecule has 29 heavy (non-hydrogen) atoms. The molecule has 0 aromatic heterocycles. The normalized spacial score (nSPS) is 16.6. The smallest absolute Gasteiger partial charge is 0.322 e. The van der Waals surface area contributed by atoms with Crippen LogP contribution in [0.3, 0.4) is 0 Å². The van der Waals surface area contributed by atoms with Gasteiger partial charge in [-0.05, 0) is 27.2 Å². The van der Waals surface area contributed by atoms with E-state index in [2.05, 4.69) is 20.5 Å². The molecule has 0 aliphatic carbocycles. The highest BCUT2D eigenvalue weighted by molar-refractivity contribution is 9.10. The van der Waals surface area contributed by atoms with Crippen LogP contribution in [-0.4, -0.2) is 81.4 Å². The van der Waals surface area contributed by atoms with E-state index in [4.69, 9.17) is 19.7 Å². The number of esters is 2. The molecule has 12 heteroatoms. The molecule has 0 heterocycles. The Hall–Kier alpha value is -0.550. The Morgan fingerprint density at radius 2 is 1.52 bits per heavy atom. The summed E-state index contributed by atoms with van der Waals surface area (Å²) in [7, 11) is 1.22. The van der Waals surface area contributed by atoms with Gasteiger partial charge in [0.05, 0.1) is 33.2 Å². The summed E-state index contributed by atoms with van der Waals surface area (Å²) in [5, 5.41) is 0. The largest absolute Gasteiger partial charge is 0.756 e. The second-order valence-corrected chi connectivity index (χ2v) is 11.6.